The van der Waals surface area contributed by atoms with Gasteiger partial charge in [0.1, 0.15) is 22.7 Å². The Morgan fingerprint density at radius 1 is 1.14 bits per heavy atom. The van der Waals surface area contributed by atoms with Crippen molar-refractivity contribution in [2.75, 3.05) is 6.61 Å². The number of fused-ring (bicyclic) bond motifs is 3. The molecule has 190 valence electrons. The van der Waals surface area contributed by atoms with E-state index in [4.69, 9.17) is 9.47 Å². The van der Waals surface area contributed by atoms with E-state index >= 15 is 0 Å². The number of hydrogen-bond acceptors (Lipinski definition) is 5. The van der Waals surface area contributed by atoms with Gasteiger partial charge in [0.05, 0.1) is 36.2 Å². The summed E-state index contributed by atoms with van der Waals surface area (Å²) in [5, 5.41) is 3.80. The second-order valence-electron chi connectivity index (χ2n) is 9.70. The zero-order chi connectivity index (χ0) is 25.9. The fourth-order valence-corrected chi connectivity index (χ4v) is 4.37. The number of benzene rings is 2. The van der Waals surface area contributed by atoms with Crippen molar-refractivity contribution in [2.45, 2.75) is 58.7 Å². The van der Waals surface area contributed by atoms with Gasteiger partial charge >= 0.3 is 6.09 Å². The van der Waals surface area contributed by atoms with Gasteiger partial charge in [0.15, 0.2) is 0 Å². The van der Waals surface area contributed by atoms with Crippen LogP contribution in [0.1, 0.15) is 52.1 Å². The Kier molecular flexibility index (Phi) is 7.78. The predicted octanol–water partition coefficient (Wildman–Crippen LogP) is 6.93. The zero-order valence-corrected chi connectivity index (χ0v) is 22.4. The number of halogens is 2. The lowest BCUT2D eigenvalue weighted by Gasteiger charge is -2.23. The Morgan fingerprint density at radius 3 is 2.72 bits per heavy atom. The van der Waals surface area contributed by atoms with Crippen LogP contribution in [0.15, 0.2) is 53.4 Å². The van der Waals surface area contributed by atoms with Crippen molar-refractivity contribution in [1.82, 2.24) is 19.9 Å². The minimum atomic E-state index is -0.620. The first-order chi connectivity index (χ1) is 17.1. The van der Waals surface area contributed by atoms with Gasteiger partial charge in [-0.05, 0) is 76.9 Å². The molecule has 0 saturated heterocycles. The first kappa shape index (κ1) is 25.9. The van der Waals surface area contributed by atoms with Crippen molar-refractivity contribution in [2.24, 2.45) is 0 Å². The van der Waals surface area contributed by atoms with Gasteiger partial charge in [-0.1, -0.05) is 15.9 Å². The minimum Gasteiger partial charge on any atom is -0.493 e. The van der Waals surface area contributed by atoms with Crippen molar-refractivity contribution in [3.8, 4) is 5.75 Å². The lowest BCUT2D eigenvalue weighted by Crippen LogP contribution is -2.34. The van der Waals surface area contributed by atoms with E-state index in [9.17, 15) is 9.18 Å². The van der Waals surface area contributed by atoms with Crippen LogP contribution < -0.4 is 10.1 Å². The molecule has 0 bridgehead atoms. The number of aryl methyl sites for hydroxylation is 1. The van der Waals surface area contributed by atoms with E-state index in [1.54, 1.807) is 40.0 Å². The molecule has 2 aromatic carbocycles. The van der Waals surface area contributed by atoms with Crippen LogP contribution >= 0.6 is 15.9 Å². The van der Waals surface area contributed by atoms with Crippen LogP contribution in [-0.4, -0.2) is 32.8 Å². The highest BCUT2D eigenvalue weighted by Crippen LogP contribution is 2.28. The summed E-state index contributed by atoms with van der Waals surface area (Å²) in [7, 11) is 0. The molecule has 0 spiro atoms. The van der Waals surface area contributed by atoms with Gasteiger partial charge in [-0.3, -0.25) is 4.98 Å². The number of amides is 1. The highest BCUT2D eigenvalue weighted by atomic mass is 79.9. The van der Waals surface area contributed by atoms with Gasteiger partial charge in [0.25, 0.3) is 0 Å². The van der Waals surface area contributed by atoms with Crippen LogP contribution in [0.25, 0.3) is 21.9 Å². The molecule has 1 N–H and O–H groups in total. The molecule has 4 aromatic rings. The highest BCUT2D eigenvalue weighted by Gasteiger charge is 2.20. The first-order valence-electron chi connectivity index (χ1n) is 11.9. The van der Waals surface area contributed by atoms with Gasteiger partial charge in [-0.15, -0.1) is 0 Å². The largest absolute Gasteiger partial charge is 0.493 e. The molecular formula is C27H30BrFN4O3. The molecule has 1 atom stereocenters. The highest BCUT2D eigenvalue weighted by molar-refractivity contribution is 9.10. The fraction of sp³-hybridized carbons (Fsp3) is 0.370. The third-order valence-corrected chi connectivity index (χ3v) is 6.12. The lowest BCUT2D eigenvalue weighted by molar-refractivity contribution is 0.0507. The van der Waals surface area contributed by atoms with Gasteiger partial charge < -0.3 is 19.4 Å². The maximum Gasteiger partial charge on any atom is 0.408 e. The van der Waals surface area contributed by atoms with E-state index in [1.165, 1.54) is 12.1 Å². The molecule has 0 saturated carbocycles. The summed E-state index contributed by atoms with van der Waals surface area (Å²) in [6.07, 6.45) is 4.74. The summed E-state index contributed by atoms with van der Waals surface area (Å²) in [5.41, 5.74) is 2.79. The second kappa shape index (κ2) is 10.8. The third kappa shape index (κ3) is 6.32. The van der Waals surface area contributed by atoms with Crippen molar-refractivity contribution in [3.05, 3.63) is 64.8 Å². The molecule has 0 radical (unpaired) electrons. The lowest BCUT2D eigenvalue weighted by atomic mass is 10.1. The molecule has 2 aromatic heterocycles. The van der Waals surface area contributed by atoms with E-state index in [1.807, 2.05) is 18.5 Å². The van der Waals surface area contributed by atoms with Crippen molar-refractivity contribution in [1.29, 1.82) is 0 Å². The summed E-state index contributed by atoms with van der Waals surface area (Å²) in [6, 6.07) is 9.88. The molecule has 0 fully saturated rings. The molecule has 1 amide bonds. The molecule has 2 heterocycles. The Balaban J connectivity index is 1.37. The number of carbonyl (C=O) groups is 1. The number of ether oxygens (including phenoxy) is 2. The summed E-state index contributed by atoms with van der Waals surface area (Å²) < 4.78 is 28.4. The Bertz CT molecular complexity index is 1380. The molecule has 0 aliphatic carbocycles. The van der Waals surface area contributed by atoms with Crippen LogP contribution in [0, 0.1) is 5.82 Å². The van der Waals surface area contributed by atoms with Gasteiger partial charge in [0.2, 0.25) is 0 Å². The maximum absolute atomic E-state index is 14.0. The van der Waals surface area contributed by atoms with E-state index in [-0.39, 0.29) is 0 Å². The standard InChI is InChI=1S/C27H30BrFN4O3/c1-17(32-26(34)36-27(2,3)4)20-14-19(29)8-10-24(20)35-12-6-5-11-33-16-31-23-15-30-22-9-7-18(28)13-21(22)25(23)33/h7-10,13-17H,5-6,11-12H2,1-4H3,(H,32,34)/t17-/m1/s1. The number of unbranched alkanes of at least 4 members (excludes halogenated alkanes) is 1. The Morgan fingerprint density at radius 2 is 1.94 bits per heavy atom. The smallest absolute Gasteiger partial charge is 0.408 e. The van der Waals surface area contributed by atoms with Crippen LogP contribution in [0.2, 0.25) is 0 Å². The fourth-order valence-electron chi connectivity index (χ4n) is 4.01. The van der Waals surface area contributed by atoms with Crippen LogP contribution in [0.5, 0.6) is 5.75 Å². The third-order valence-electron chi connectivity index (χ3n) is 5.63. The number of hydrogen-bond donors (Lipinski definition) is 1. The second-order valence-corrected chi connectivity index (χ2v) is 10.6. The zero-order valence-electron chi connectivity index (χ0n) is 20.8. The first-order valence-corrected chi connectivity index (χ1v) is 12.7. The summed E-state index contributed by atoms with van der Waals surface area (Å²) in [5.74, 6) is 0.144. The number of pyridine rings is 1. The molecular weight excluding hydrogens is 527 g/mol. The van der Waals surface area contributed by atoms with Crippen LogP contribution in [0.3, 0.4) is 0 Å². The Labute approximate surface area is 218 Å². The van der Waals surface area contributed by atoms with E-state index < -0.39 is 23.6 Å². The summed E-state index contributed by atoms with van der Waals surface area (Å²) >= 11 is 3.54. The molecule has 0 aliphatic rings. The van der Waals surface area contributed by atoms with Gasteiger partial charge in [-0.25, -0.2) is 14.2 Å². The van der Waals surface area contributed by atoms with Crippen molar-refractivity contribution < 1.29 is 18.7 Å². The monoisotopic (exact) mass is 556 g/mol. The SMILES string of the molecule is C[C@@H](NC(=O)OC(C)(C)C)c1cc(F)ccc1OCCCCn1cnc2cnc3ccc(Br)cc3c21. The Hall–Kier alpha value is -3.20. The predicted molar refractivity (Wildman–Crippen MR) is 142 cm³/mol. The molecule has 36 heavy (non-hydrogen) atoms. The van der Waals surface area contributed by atoms with Crippen LogP contribution in [0.4, 0.5) is 9.18 Å². The number of aromatic nitrogens is 3. The van der Waals surface area contributed by atoms with Crippen molar-refractivity contribution >= 4 is 44.0 Å². The summed E-state index contributed by atoms with van der Waals surface area (Å²) in [4.78, 5) is 21.2. The number of imidazole rings is 1. The number of nitrogens with one attached hydrogen (secondary N) is 1. The van der Waals surface area contributed by atoms with Gasteiger partial charge in [0, 0.05) is 22.0 Å². The molecule has 0 unspecified atom stereocenters. The quantitative estimate of drug-likeness (QED) is 0.238. The molecule has 0 aliphatic heterocycles. The van der Waals surface area contributed by atoms with E-state index in [0.29, 0.717) is 17.9 Å². The molecule has 7 nitrogen and oxygen atoms in total. The summed E-state index contributed by atoms with van der Waals surface area (Å²) in [6.45, 7) is 8.38. The molecule has 9 heteroatoms. The van der Waals surface area contributed by atoms with Crippen LogP contribution in [-0.2, 0) is 11.3 Å². The van der Waals surface area contributed by atoms with E-state index in [0.717, 1.165) is 45.8 Å². The number of carbonyl (C=O) groups excluding carboxylic acids is 1. The number of alkyl carbamates (subject to hydrolysis) is 1. The number of nitrogens with zero attached hydrogens (tertiary/aromatic N) is 3. The normalized spacial score (nSPS) is 12.6. The average Bonchev–Trinajstić information content (AvgIpc) is 3.21. The van der Waals surface area contributed by atoms with Gasteiger partial charge in [-0.2, -0.15) is 0 Å². The molecule has 4 rings (SSSR count). The van der Waals surface area contributed by atoms with E-state index in [2.05, 4.69) is 41.8 Å². The average molecular weight is 557 g/mol. The van der Waals surface area contributed by atoms with Crippen molar-refractivity contribution in [3.63, 3.8) is 0 Å². The minimum absolute atomic E-state index is 0.393. The topological polar surface area (TPSA) is 78.3 Å². The maximum atomic E-state index is 14.0. The number of rotatable bonds is 8.